The number of fused-ring (bicyclic) bond motifs is 5. The van der Waals surface area contributed by atoms with Gasteiger partial charge in [-0.15, -0.1) is 0 Å². The molecule has 0 aliphatic heterocycles. The first-order valence-corrected chi connectivity index (χ1v) is 11.7. The Morgan fingerprint density at radius 2 is 1.68 bits per heavy atom. The van der Waals surface area contributed by atoms with Gasteiger partial charge in [0.15, 0.2) is 0 Å². The van der Waals surface area contributed by atoms with Gasteiger partial charge in [0.2, 0.25) is 0 Å². The molecule has 160 valence electrons. The zero-order valence-electron chi connectivity index (χ0n) is 17.9. The second kappa shape index (κ2) is 7.27. The number of aliphatic hydroxyl groups excluding tert-OH is 2. The van der Waals surface area contributed by atoms with E-state index in [0.717, 1.165) is 32.1 Å². The van der Waals surface area contributed by atoms with Gasteiger partial charge in [-0.05, 0) is 104 Å². The Kier molecular flexibility index (Phi) is 5.36. The summed E-state index contributed by atoms with van der Waals surface area (Å²) in [6, 6.07) is 0. The van der Waals surface area contributed by atoms with Crippen molar-refractivity contribution in [3.05, 3.63) is 0 Å². The lowest BCUT2D eigenvalue weighted by Crippen LogP contribution is -2.58. The molecule has 0 radical (unpaired) electrons. The lowest BCUT2D eigenvalue weighted by Gasteiger charge is -2.62. The molecule has 4 aliphatic carbocycles. The van der Waals surface area contributed by atoms with Crippen LogP contribution in [0, 0.1) is 46.3 Å². The summed E-state index contributed by atoms with van der Waals surface area (Å²) in [5.41, 5.74) is 0.523. The topological polar surface area (TPSA) is 77.8 Å². The standard InChI is InChI=1S/C24H40O4/c1-14(4-7-21(27)28)17-5-6-18-22-19(9-11-24(17,18)3)23(2)10-8-16(25)12-15(23)13-20(22)26/h14-20,22,25-26H,4-13H2,1-3H3,(H,27,28)/t14-,15+,16-,17+,18+,19+,20+,22+,23+,24-/m1/s1. The van der Waals surface area contributed by atoms with E-state index in [4.69, 9.17) is 5.11 Å². The Hall–Kier alpha value is -0.610. The third kappa shape index (κ3) is 3.14. The van der Waals surface area contributed by atoms with Gasteiger partial charge in [-0.2, -0.15) is 0 Å². The Morgan fingerprint density at radius 1 is 1.00 bits per heavy atom. The molecule has 4 fully saturated rings. The minimum Gasteiger partial charge on any atom is -0.481 e. The van der Waals surface area contributed by atoms with Gasteiger partial charge in [-0.1, -0.05) is 20.8 Å². The smallest absolute Gasteiger partial charge is 0.303 e. The van der Waals surface area contributed by atoms with Crippen LogP contribution in [0.5, 0.6) is 0 Å². The highest BCUT2D eigenvalue weighted by Crippen LogP contribution is 2.68. The number of aliphatic carboxylic acids is 1. The van der Waals surface area contributed by atoms with Crippen LogP contribution in [0.3, 0.4) is 0 Å². The summed E-state index contributed by atoms with van der Waals surface area (Å²) in [6.07, 6.45) is 9.19. The van der Waals surface area contributed by atoms with Crippen LogP contribution in [0.4, 0.5) is 0 Å². The molecule has 0 amide bonds. The van der Waals surface area contributed by atoms with Crippen LogP contribution in [0.2, 0.25) is 0 Å². The van der Waals surface area contributed by atoms with Gasteiger partial charge in [0.1, 0.15) is 0 Å². The van der Waals surface area contributed by atoms with Crippen LogP contribution >= 0.6 is 0 Å². The van der Waals surface area contributed by atoms with Crippen molar-refractivity contribution in [3.8, 4) is 0 Å². The van der Waals surface area contributed by atoms with E-state index in [0.29, 0.717) is 35.5 Å². The molecular formula is C24H40O4. The maximum Gasteiger partial charge on any atom is 0.303 e. The van der Waals surface area contributed by atoms with E-state index >= 15 is 0 Å². The van der Waals surface area contributed by atoms with Gasteiger partial charge in [-0.3, -0.25) is 4.79 Å². The van der Waals surface area contributed by atoms with Gasteiger partial charge < -0.3 is 15.3 Å². The SMILES string of the molecule is C[C@H](CCC(=O)O)[C@@H]1CC[C@H]2[C@@H]3[C@@H](O)C[C@@H]4C[C@H](O)CC[C@]4(C)[C@H]3CC[C@@]21C. The Morgan fingerprint density at radius 3 is 2.39 bits per heavy atom. The third-order valence-corrected chi connectivity index (χ3v) is 10.2. The van der Waals surface area contributed by atoms with Crippen molar-refractivity contribution >= 4 is 5.97 Å². The van der Waals surface area contributed by atoms with Crippen molar-refractivity contribution < 1.29 is 20.1 Å². The molecule has 4 heteroatoms. The zero-order chi connectivity index (χ0) is 20.3. The largest absolute Gasteiger partial charge is 0.481 e. The molecule has 0 saturated heterocycles. The third-order valence-electron chi connectivity index (χ3n) is 10.2. The van der Waals surface area contributed by atoms with Crippen molar-refractivity contribution in [2.75, 3.05) is 0 Å². The summed E-state index contributed by atoms with van der Waals surface area (Å²) in [6.45, 7) is 7.16. The highest BCUT2D eigenvalue weighted by molar-refractivity contribution is 5.66. The lowest BCUT2D eigenvalue weighted by molar-refractivity contribution is -0.174. The van der Waals surface area contributed by atoms with E-state index in [1.54, 1.807) is 0 Å². The number of hydrogen-bond donors (Lipinski definition) is 3. The first-order chi connectivity index (χ1) is 13.2. The summed E-state index contributed by atoms with van der Waals surface area (Å²) < 4.78 is 0. The number of carboxylic acid groups (broad SMARTS) is 1. The fourth-order valence-corrected chi connectivity index (χ4v) is 8.73. The molecule has 10 atom stereocenters. The summed E-state index contributed by atoms with van der Waals surface area (Å²) >= 11 is 0. The second-order valence-corrected chi connectivity index (χ2v) is 11.4. The van der Waals surface area contributed by atoms with Gasteiger partial charge in [0, 0.05) is 6.42 Å². The average molecular weight is 393 g/mol. The summed E-state index contributed by atoms with van der Waals surface area (Å²) in [7, 11) is 0. The van der Waals surface area contributed by atoms with Crippen LogP contribution in [0.25, 0.3) is 0 Å². The van der Waals surface area contributed by atoms with Gasteiger partial charge >= 0.3 is 5.97 Å². The van der Waals surface area contributed by atoms with Gasteiger partial charge in [0.05, 0.1) is 12.2 Å². The highest BCUT2D eigenvalue weighted by atomic mass is 16.4. The molecular weight excluding hydrogens is 352 g/mol. The van der Waals surface area contributed by atoms with Crippen molar-refractivity contribution in [1.29, 1.82) is 0 Å². The van der Waals surface area contributed by atoms with Gasteiger partial charge in [0.25, 0.3) is 0 Å². The predicted octanol–water partition coefficient (Wildman–Crippen LogP) is 4.48. The molecule has 0 aromatic carbocycles. The van der Waals surface area contributed by atoms with Crippen LogP contribution in [-0.4, -0.2) is 33.5 Å². The lowest BCUT2D eigenvalue weighted by atomic mass is 9.43. The summed E-state index contributed by atoms with van der Waals surface area (Å²) in [4.78, 5) is 11.1. The highest BCUT2D eigenvalue weighted by Gasteiger charge is 2.62. The molecule has 0 aromatic heterocycles. The first kappa shape index (κ1) is 20.7. The first-order valence-electron chi connectivity index (χ1n) is 11.7. The van der Waals surface area contributed by atoms with Crippen LogP contribution in [0.1, 0.15) is 85.0 Å². The van der Waals surface area contributed by atoms with Crippen LogP contribution in [-0.2, 0) is 4.79 Å². The summed E-state index contributed by atoms with van der Waals surface area (Å²) in [5, 5.41) is 30.5. The molecule has 0 spiro atoms. The van der Waals surface area contributed by atoms with E-state index < -0.39 is 5.97 Å². The molecule has 4 aliphatic rings. The maximum absolute atomic E-state index is 11.2. The Bertz CT molecular complexity index is 605. The quantitative estimate of drug-likeness (QED) is 0.659. The summed E-state index contributed by atoms with van der Waals surface area (Å²) in [5.74, 6) is 2.36. The molecule has 0 heterocycles. The van der Waals surface area contributed by atoms with Crippen molar-refractivity contribution in [2.24, 2.45) is 46.3 Å². The molecule has 4 rings (SSSR count). The monoisotopic (exact) mass is 392 g/mol. The minimum atomic E-state index is -0.684. The van der Waals surface area contributed by atoms with E-state index in [1.807, 2.05) is 0 Å². The number of hydrogen-bond acceptors (Lipinski definition) is 3. The molecule has 28 heavy (non-hydrogen) atoms. The minimum absolute atomic E-state index is 0.179. The normalized spacial score (nSPS) is 51.7. The molecule has 0 aromatic rings. The Labute approximate surface area is 170 Å². The molecule has 4 saturated carbocycles. The van der Waals surface area contributed by atoms with Crippen LogP contribution in [0.15, 0.2) is 0 Å². The number of carboxylic acids is 1. The number of aliphatic hydroxyl groups is 2. The fraction of sp³-hybridized carbons (Fsp3) is 0.958. The molecule has 3 N–H and O–H groups in total. The zero-order valence-corrected chi connectivity index (χ0v) is 17.9. The molecule has 0 bridgehead atoms. The van der Waals surface area contributed by atoms with Crippen molar-refractivity contribution in [2.45, 2.75) is 97.2 Å². The number of carbonyl (C=O) groups is 1. The average Bonchev–Trinajstić information content (AvgIpc) is 2.98. The second-order valence-electron chi connectivity index (χ2n) is 11.4. The van der Waals surface area contributed by atoms with E-state index in [-0.39, 0.29) is 29.5 Å². The van der Waals surface area contributed by atoms with E-state index in [2.05, 4.69) is 20.8 Å². The van der Waals surface area contributed by atoms with Crippen molar-refractivity contribution in [1.82, 2.24) is 0 Å². The maximum atomic E-state index is 11.2. The number of rotatable bonds is 4. The predicted molar refractivity (Wildman–Crippen MR) is 109 cm³/mol. The molecule has 4 nitrogen and oxygen atoms in total. The van der Waals surface area contributed by atoms with E-state index in [1.165, 1.54) is 25.7 Å². The van der Waals surface area contributed by atoms with Crippen molar-refractivity contribution in [3.63, 3.8) is 0 Å². The Balaban J connectivity index is 1.55. The fourth-order valence-electron chi connectivity index (χ4n) is 8.73. The van der Waals surface area contributed by atoms with Gasteiger partial charge in [-0.25, -0.2) is 0 Å². The van der Waals surface area contributed by atoms with E-state index in [9.17, 15) is 15.0 Å². The van der Waals surface area contributed by atoms with Crippen LogP contribution < -0.4 is 0 Å². The molecule has 0 unspecified atom stereocenters.